The Bertz CT molecular complexity index is 1140. The Balaban J connectivity index is 1.35. The van der Waals surface area contributed by atoms with Crippen LogP contribution in [-0.2, 0) is 30.7 Å². The molecule has 1 aliphatic heterocycles. The van der Waals surface area contributed by atoms with Crippen molar-refractivity contribution in [2.45, 2.75) is 25.9 Å². The molecule has 0 atom stereocenters. The number of carbonyl (C=O) groups excluding carboxylic acids is 2. The van der Waals surface area contributed by atoms with E-state index in [0.29, 0.717) is 17.8 Å². The minimum absolute atomic E-state index is 0.0931. The zero-order valence-corrected chi connectivity index (χ0v) is 18.2. The maximum atomic E-state index is 12.8. The van der Waals surface area contributed by atoms with E-state index in [9.17, 15) is 9.59 Å². The van der Waals surface area contributed by atoms with Crippen LogP contribution in [0.15, 0.2) is 66.7 Å². The highest BCUT2D eigenvalue weighted by molar-refractivity contribution is 6.04. The van der Waals surface area contributed by atoms with Gasteiger partial charge in [-0.25, -0.2) is 0 Å². The largest absolute Gasteiger partial charge is 0.399 e. The maximum Gasteiger partial charge on any atom is 0.255 e. The quantitative estimate of drug-likeness (QED) is 0.526. The molecule has 0 radical (unpaired) electrons. The van der Waals surface area contributed by atoms with Crippen molar-refractivity contribution in [2.75, 3.05) is 24.6 Å². The van der Waals surface area contributed by atoms with Gasteiger partial charge in [0.2, 0.25) is 5.91 Å². The standard InChI is InChI=1S/C26H28N4O2/c1-30-11-10-20-8-9-24(15-22(20)17-30)29-26(32)21-6-2-5-19(12-21)16-28-25(31)14-18-4-3-7-23(27)13-18/h2-9,12-13,15H,10-11,14,16-17,27H2,1H3,(H,28,31)(H,29,32). The van der Waals surface area contributed by atoms with Gasteiger partial charge in [0.25, 0.3) is 5.91 Å². The molecule has 0 saturated heterocycles. The number of hydrogen-bond acceptors (Lipinski definition) is 4. The van der Waals surface area contributed by atoms with E-state index in [4.69, 9.17) is 5.73 Å². The third kappa shape index (κ3) is 5.53. The Morgan fingerprint density at radius 2 is 1.78 bits per heavy atom. The molecule has 4 N–H and O–H groups in total. The first-order chi connectivity index (χ1) is 15.5. The van der Waals surface area contributed by atoms with Crippen molar-refractivity contribution in [3.63, 3.8) is 0 Å². The molecule has 1 heterocycles. The molecular formula is C26H28N4O2. The first-order valence-electron chi connectivity index (χ1n) is 10.8. The minimum atomic E-state index is -0.165. The van der Waals surface area contributed by atoms with Crippen LogP contribution < -0.4 is 16.4 Å². The zero-order valence-electron chi connectivity index (χ0n) is 18.2. The lowest BCUT2D eigenvalue weighted by atomic mass is 9.99. The average Bonchev–Trinajstić information content (AvgIpc) is 2.77. The number of anilines is 2. The van der Waals surface area contributed by atoms with Crippen LogP contribution in [0, 0.1) is 0 Å². The van der Waals surface area contributed by atoms with Gasteiger partial charge in [-0.05, 0) is 72.1 Å². The second-order valence-corrected chi connectivity index (χ2v) is 8.32. The molecule has 6 heteroatoms. The van der Waals surface area contributed by atoms with Gasteiger partial charge in [0.1, 0.15) is 0 Å². The Morgan fingerprint density at radius 3 is 2.62 bits per heavy atom. The van der Waals surface area contributed by atoms with Crippen LogP contribution in [0.3, 0.4) is 0 Å². The van der Waals surface area contributed by atoms with Gasteiger partial charge in [-0.2, -0.15) is 0 Å². The number of rotatable bonds is 6. The van der Waals surface area contributed by atoms with Crippen LogP contribution in [0.2, 0.25) is 0 Å². The summed E-state index contributed by atoms with van der Waals surface area (Å²) in [5, 5.41) is 5.90. The summed E-state index contributed by atoms with van der Waals surface area (Å²) in [5.74, 6) is -0.258. The van der Waals surface area contributed by atoms with Gasteiger partial charge in [0.05, 0.1) is 6.42 Å². The molecule has 0 aliphatic carbocycles. The molecule has 0 fully saturated rings. The lowest BCUT2D eigenvalue weighted by molar-refractivity contribution is -0.120. The van der Waals surface area contributed by atoms with Crippen molar-refractivity contribution in [3.05, 3.63) is 94.5 Å². The lowest BCUT2D eigenvalue weighted by Gasteiger charge is -2.25. The summed E-state index contributed by atoms with van der Waals surface area (Å²) in [5.41, 5.74) is 12.1. The molecule has 0 unspecified atom stereocenters. The maximum absolute atomic E-state index is 12.8. The van der Waals surface area contributed by atoms with Crippen LogP contribution >= 0.6 is 0 Å². The molecule has 3 aromatic carbocycles. The van der Waals surface area contributed by atoms with Gasteiger partial charge in [0, 0.05) is 36.6 Å². The second kappa shape index (κ2) is 9.66. The van der Waals surface area contributed by atoms with E-state index in [-0.39, 0.29) is 18.2 Å². The van der Waals surface area contributed by atoms with E-state index in [0.717, 1.165) is 36.3 Å². The highest BCUT2D eigenvalue weighted by Gasteiger charge is 2.14. The molecule has 0 bridgehead atoms. The van der Waals surface area contributed by atoms with Crippen LogP contribution in [0.25, 0.3) is 0 Å². The summed E-state index contributed by atoms with van der Waals surface area (Å²) in [4.78, 5) is 27.3. The highest BCUT2D eigenvalue weighted by atomic mass is 16.2. The monoisotopic (exact) mass is 428 g/mol. The molecule has 0 saturated carbocycles. The number of amides is 2. The molecule has 4 rings (SSSR count). The van der Waals surface area contributed by atoms with Gasteiger partial charge in [-0.3, -0.25) is 9.59 Å². The van der Waals surface area contributed by atoms with Crippen molar-refractivity contribution in [3.8, 4) is 0 Å². The van der Waals surface area contributed by atoms with Crippen LogP contribution in [0.4, 0.5) is 11.4 Å². The third-order valence-corrected chi connectivity index (χ3v) is 5.66. The summed E-state index contributed by atoms with van der Waals surface area (Å²) in [6, 6.07) is 20.7. The van der Waals surface area contributed by atoms with E-state index in [1.807, 2.05) is 36.4 Å². The normalized spacial score (nSPS) is 13.3. The fourth-order valence-electron chi connectivity index (χ4n) is 3.95. The van der Waals surface area contributed by atoms with Gasteiger partial charge in [-0.15, -0.1) is 0 Å². The Hall–Kier alpha value is -3.64. The topological polar surface area (TPSA) is 87.5 Å². The van der Waals surface area contributed by atoms with Gasteiger partial charge in [-0.1, -0.05) is 30.3 Å². The molecule has 2 amide bonds. The third-order valence-electron chi connectivity index (χ3n) is 5.66. The van der Waals surface area contributed by atoms with Gasteiger partial charge < -0.3 is 21.3 Å². The zero-order chi connectivity index (χ0) is 22.5. The Kier molecular flexibility index (Phi) is 6.52. The molecule has 164 valence electrons. The fourth-order valence-corrected chi connectivity index (χ4v) is 3.95. The molecule has 0 spiro atoms. The molecular weight excluding hydrogens is 400 g/mol. The summed E-state index contributed by atoms with van der Waals surface area (Å²) in [6.07, 6.45) is 1.30. The predicted octanol–water partition coefficient (Wildman–Crippen LogP) is 3.37. The molecule has 0 aromatic heterocycles. The number of nitrogens with one attached hydrogen (secondary N) is 2. The number of nitrogen functional groups attached to an aromatic ring is 1. The molecule has 32 heavy (non-hydrogen) atoms. The van der Waals surface area contributed by atoms with E-state index in [1.165, 1.54) is 11.1 Å². The van der Waals surface area contributed by atoms with E-state index < -0.39 is 0 Å². The Labute approximate surface area is 188 Å². The second-order valence-electron chi connectivity index (χ2n) is 8.32. The average molecular weight is 429 g/mol. The van der Waals surface area contributed by atoms with Crippen LogP contribution in [0.1, 0.15) is 32.6 Å². The van der Waals surface area contributed by atoms with Crippen molar-refractivity contribution >= 4 is 23.2 Å². The number of nitrogens with two attached hydrogens (primary N) is 1. The summed E-state index contributed by atoms with van der Waals surface area (Å²) >= 11 is 0. The predicted molar refractivity (Wildman–Crippen MR) is 127 cm³/mol. The summed E-state index contributed by atoms with van der Waals surface area (Å²) in [6.45, 7) is 2.30. The SMILES string of the molecule is CN1CCc2ccc(NC(=O)c3cccc(CNC(=O)Cc4cccc(N)c4)c3)cc2C1. The van der Waals surface area contributed by atoms with E-state index in [1.54, 1.807) is 18.2 Å². The van der Waals surface area contributed by atoms with Crippen molar-refractivity contribution in [1.29, 1.82) is 0 Å². The van der Waals surface area contributed by atoms with Gasteiger partial charge in [0.15, 0.2) is 0 Å². The number of fused-ring (bicyclic) bond motifs is 1. The first-order valence-corrected chi connectivity index (χ1v) is 10.8. The van der Waals surface area contributed by atoms with Crippen LogP contribution in [-0.4, -0.2) is 30.3 Å². The van der Waals surface area contributed by atoms with E-state index >= 15 is 0 Å². The number of nitrogens with zero attached hydrogens (tertiary/aromatic N) is 1. The Morgan fingerprint density at radius 1 is 0.969 bits per heavy atom. The minimum Gasteiger partial charge on any atom is -0.399 e. The molecule has 6 nitrogen and oxygen atoms in total. The fraction of sp³-hybridized carbons (Fsp3) is 0.231. The number of hydrogen-bond donors (Lipinski definition) is 3. The van der Waals surface area contributed by atoms with Crippen molar-refractivity contribution in [1.82, 2.24) is 10.2 Å². The smallest absolute Gasteiger partial charge is 0.255 e. The number of benzene rings is 3. The van der Waals surface area contributed by atoms with Crippen molar-refractivity contribution in [2.24, 2.45) is 0 Å². The molecule has 3 aromatic rings. The lowest BCUT2D eigenvalue weighted by Crippen LogP contribution is -2.26. The van der Waals surface area contributed by atoms with Crippen molar-refractivity contribution < 1.29 is 9.59 Å². The van der Waals surface area contributed by atoms with Gasteiger partial charge >= 0.3 is 0 Å². The number of likely N-dealkylation sites (N-methyl/N-ethyl adjacent to an activating group) is 1. The first kappa shape index (κ1) is 21.6. The number of carbonyl (C=O) groups is 2. The highest BCUT2D eigenvalue weighted by Crippen LogP contribution is 2.22. The summed E-state index contributed by atoms with van der Waals surface area (Å²) in [7, 11) is 2.10. The summed E-state index contributed by atoms with van der Waals surface area (Å²) < 4.78 is 0. The van der Waals surface area contributed by atoms with Crippen LogP contribution in [0.5, 0.6) is 0 Å². The van der Waals surface area contributed by atoms with E-state index in [2.05, 4.69) is 34.7 Å². The molecule has 1 aliphatic rings.